The molecule has 0 bridgehead atoms. The molecule has 0 spiro atoms. The fourth-order valence-electron chi connectivity index (χ4n) is 1.97. The number of hydrogen-bond acceptors (Lipinski definition) is 4. The molecule has 0 radical (unpaired) electrons. The Kier molecular flexibility index (Phi) is 4.30. The summed E-state index contributed by atoms with van der Waals surface area (Å²) in [7, 11) is 0. The van der Waals surface area contributed by atoms with E-state index >= 15 is 0 Å². The van der Waals surface area contributed by atoms with Crippen molar-refractivity contribution in [2.75, 3.05) is 5.32 Å². The van der Waals surface area contributed by atoms with E-state index in [2.05, 4.69) is 15.3 Å². The van der Waals surface area contributed by atoms with Crippen LogP contribution < -0.4 is 5.32 Å². The first-order valence-electron chi connectivity index (χ1n) is 6.78. The fraction of sp³-hybridized carbons (Fsp3) is 0.0625. The van der Waals surface area contributed by atoms with E-state index in [1.807, 2.05) is 0 Å². The van der Waals surface area contributed by atoms with Gasteiger partial charge in [0.15, 0.2) is 5.13 Å². The van der Waals surface area contributed by atoms with E-state index < -0.39 is 17.6 Å². The van der Waals surface area contributed by atoms with Crippen LogP contribution in [0.3, 0.4) is 0 Å². The van der Waals surface area contributed by atoms with Crippen molar-refractivity contribution in [2.45, 2.75) is 6.18 Å². The van der Waals surface area contributed by atoms with Crippen molar-refractivity contribution >= 4 is 22.4 Å². The summed E-state index contributed by atoms with van der Waals surface area (Å²) in [6.07, 6.45) is -1.16. The third-order valence-electron chi connectivity index (χ3n) is 3.18. The molecule has 2 aromatic heterocycles. The van der Waals surface area contributed by atoms with Crippen LogP contribution in [0, 0.1) is 0 Å². The van der Waals surface area contributed by atoms with Gasteiger partial charge >= 0.3 is 6.18 Å². The van der Waals surface area contributed by atoms with E-state index in [1.165, 1.54) is 11.3 Å². The Labute approximate surface area is 139 Å². The van der Waals surface area contributed by atoms with E-state index in [0.717, 1.165) is 29.8 Å². The number of carbonyl (C=O) groups excluding carboxylic acids is 1. The Bertz CT molecular complexity index is 845. The second-order valence-corrected chi connectivity index (χ2v) is 5.66. The summed E-state index contributed by atoms with van der Waals surface area (Å²) in [5.74, 6) is -0.514. The molecule has 3 rings (SSSR count). The predicted molar refractivity (Wildman–Crippen MR) is 84.7 cm³/mol. The lowest BCUT2D eigenvalue weighted by Crippen LogP contribution is -2.12. The molecule has 0 unspecified atom stereocenters. The standard InChI is InChI=1S/C16H10F3N3OS/c17-16(18,19)12-3-1-11(2-4-12)14(23)22-15-21-13(9-24-15)10-5-7-20-8-6-10/h1-9H,(H,21,22,23). The molecule has 4 nitrogen and oxygen atoms in total. The van der Waals surface area contributed by atoms with Crippen molar-refractivity contribution in [1.29, 1.82) is 0 Å². The normalized spacial score (nSPS) is 11.3. The summed E-state index contributed by atoms with van der Waals surface area (Å²) in [4.78, 5) is 20.3. The first kappa shape index (κ1) is 16.1. The summed E-state index contributed by atoms with van der Waals surface area (Å²) in [6.45, 7) is 0. The number of anilines is 1. The minimum Gasteiger partial charge on any atom is -0.298 e. The van der Waals surface area contributed by atoms with Crippen molar-refractivity contribution in [3.8, 4) is 11.3 Å². The van der Waals surface area contributed by atoms with Crippen LogP contribution in [0.4, 0.5) is 18.3 Å². The summed E-state index contributed by atoms with van der Waals surface area (Å²) < 4.78 is 37.6. The highest BCUT2D eigenvalue weighted by atomic mass is 32.1. The van der Waals surface area contributed by atoms with Gasteiger partial charge in [0.25, 0.3) is 5.91 Å². The van der Waals surface area contributed by atoms with Gasteiger partial charge in [-0.2, -0.15) is 13.2 Å². The van der Waals surface area contributed by atoms with E-state index in [0.29, 0.717) is 10.8 Å². The highest BCUT2D eigenvalue weighted by Gasteiger charge is 2.30. The van der Waals surface area contributed by atoms with Crippen LogP contribution in [0.1, 0.15) is 15.9 Å². The molecular weight excluding hydrogens is 339 g/mol. The maximum atomic E-state index is 12.5. The Balaban J connectivity index is 1.72. The van der Waals surface area contributed by atoms with Gasteiger partial charge in [0.05, 0.1) is 11.3 Å². The van der Waals surface area contributed by atoms with Gasteiger partial charge in [-0.1, -0.05) is 0 Å². The Hall–Kier alpha value is -2.74. The van der Waals surface area contributed by atoms with Crippen molar-refractivity contribution in [1.82, 2.24) is 9.97 Å². The monoisotopic (exact) mass is 349 g/mol. The summed E-state index contributed by atoms with van der Waals surface area (Å²) in [5.41, 5.74) is 0.873. The second-order valence-electron chi connectivity index (χ2n) is 4.80. The molecule has 0 atom stereocenters. The maximum Gasteiger partial charge on any atom is 0.416 e. The number of alkyl halides is 3. The van der Waals surface area contributed by atoms with Gasteiger partial charge in [-0.05, 0) is 36.4 Å². The fourth-order valence-corrected chi connectivity index (χ4v) is 2.68. The number of amides is 1. The molecule has 24 heavy (non-hydrogen) atoms. The largest absolute Gasteiger partial charge is 0.416 e. The Morgan fingerprint density at radius 3 is 2.33 bits per heavy atom. The summed E-state index contributed by atoms with van der Waals surface area (Å²) >= 11 is 1.23. The van der Waals surface area contributed by atoms with Gasteiger partial charge in [-0.15, -0.1) is 11.3 Å². The van der Waals surface area contributed by atoms with Gasteiger partial charge < -0.3 is 0 Å². The molecule has 0 aliphatic heterocycles. The minimum atomic E-state index is -4.43. The molecule has 2 heterocycles. The Morgan fingerprint density at radius 1 is 1.04 bits per heavy atom. The Morgan fingerprint density at radius 2 is 1.71 bits per heavy atom. The number of halogens is 3. The zero-order chi connectivity index (χ0) is 17.2. The minimum absolute atomic E-state index is 0.128. The van der Waals surface area contributed by atoms with E-state index in [-0.39, 0.29) is 5.56 Å². The van der Waals surface area contributed by atoms with Crippen LogP contribution in [-0.4, -0.2) is 15.9 Å². The number of rotatable bonds is 3. The van der Waals surface area contributed by atoms with E-state index in [9.17, 15) is 18.0 Å². The zero-order valence-electron chi connectivity index (χ0n) is 12.0. The topological polar surface area (TPSA) is 54.9 Å². The average molecular weight is 349 g/mol. The van der Waals surface area contributed by atoms with Crippen molar-refractivity contribution in [2.24, 2.45) is 0 Å². The molecule has 3 aromatic rings. The maximum absolute atomic E-state index is 12.5. The number of carbonyl (C=O) groups is 1. The molecule has 1 aromatic carbocycles. The van der Waals surface area contributed by atoms with Gasteiger partial charge in [0.2, 0.25) is 0 Å². The first-order valence-corrected chi connectivity index (χ1v) is 7.66. The molecule has 0 aliphatic carbocycles. The van der Waals surface area contributed by atoms with Gasteiger partial charge in [-0.25, -0.2) is 4.98 Å². The van der Waals surface area contributed by atoms with Crippen molar-refractivity contribution in [3.63, 3.8) is 0 Å². The lowest BCUT2D eigenvalue weighted by atomic mass is 10.1. The van der Waals surface area contributed by atoms with Crippen LogP contribution in [0.25, 0.3) is 11.3 Å². The SMILES string of the molecule is O=C(Nc1nc(-c2ccncc2)cs1)c1ccc(C(F)(F)F)cc1. The van der Waals surface area contributed by atoms with Crippen LogP contribution in [0.2, 0.25) is 0 Å². The number of nitrogens with zero attached hydrogens (tertiary/aromatic N) is 2. The molecule has 8 heteroatoms. The number of nitrogens with one attached hydrogen (secondary N) is 1. The van der Waals surface area contributed by atoms with Crippen LogP contribution in [0.15, 0.2) is 54.2 Å². The smallest absolute Gasteiger partial charge is 0.298 e. The number of hydrogen-bond donors (Lipinski definition) is 1. The van der Waals surface area contributed by atoms with Crippen molar-refractivity contribution in [3.05, 3.63) is 65.3 Å². The van der Waals surface area contributed by atoms with E-state index in [1.54, 1.807) is 29.9 Å². The van der Waals surface area contributed by atoms with Crippen LogP contribution in [0.5, 0.6) is 0 Å². The number of pyridine rings is 1. The molecule has 1 amide bonds. The second kappa shape index (κ2) is 6.40. The molecule has 0 saturated carbocycles. The third kappa shape index (κ3) is 3.60. The molecule has 0 fully saturated rings. The number of benzene rings is 1. The first-order chi connectivity index (χ1) is 11.4. The number of thiazole rings is 1. The van der Waals surface area contributed by atoms with Crippen LogP contribution >= 0.6 is 11.3 Å². The predicted octanol–water partition coefficient (Wildman–Crippen LogP) is 4.48. The average Bonchev–Trinajstić information content (AvgIpc) is 3.03. The van der Waals surface area contributed by atoms with Gasteiger partial charge in [0.1, 0.15) is 0 Å². The quantitative estimate of drug-likeness (QED) is 0.759. The lowest BCUT2D eigenvalue weighted by molar-refractivity contribution is -0.137. The summed E-state index contributed by atoms with van der Waals surface area (Å²) in [6, 6.07) is 7.59. The van der Waals surface area contributed by atoms with E-state index in [4.69, 9.17) is 0 Å². The molecule has 1 N–H and O–H groups in total. The lowest BCUT2D eigenvalue weighted by Gasteiger charge is -2.07. The summed E-state index contributed by atoms with van der Waals surface area (Å²) in [5, 5.41) is 4.72. The highest BCUT2D eigenvalue weighted by Crippen LogP contribution is 2.29. The molecule has 0 aliphatic rings. The highest BCUT2D eigenvalue weighted by molar-refractivity contribution is 7.14. The van der Waals surface area contributed by atoms with Crippen molar-refractivity contribution < 1.29 is 18.0 Å². The molecule has 0 saturated heterocycles. The molecular formula is C16H10F3N3OS. The number of aromatic nitrogens is 2. The van der Waals surface area contributed by atoms with Gasteiger partial charge in [-0.3, -0.25) is 15.1 Å². The van der Waals surface area contributed by atoms with Gasteiger partial charge in [0, 0.05) is 28.9 Å². The zero-order valence-corrected chi connectivity index (χ0v) is 12.9. The third-order valence-corrected chi connectivity index (χ3v) is 3.93. The van der Waals surface area contributed by atoms with Crippen LogP contribution in [-0.2, 0) is 6.18 Å². The molecule has 122 valence electrons.